The fraction of sp³-hybridized carbons (Fsp3) is 0.524. The molecule has 0 aliphatic carbocycles. The van der Waals surface area contributed by atoms with E-state index < -0.39 is 12.2 Å². The Bertz CT molecular complexity index is 894. The van der Waals surface area contributed by atoms with Crippen molar-refractivity contribution in [3.63, 3.8) is 0 Å². The molecule has 0 bridgehead atoms. The maximum Gasteiger partial charge on any atom is 0.410 e. The lowest BCUT2D eigenvalue weighted by Gasteiger charge is -2.38. The number of rotatable bonds is 5. The Kier molecular flexibility index (Phi) is 6.88. The molecule has 0 spiro atoms. The summed E-state index contributed by atoms with van der Waals surface area (Å²) in [6, 6.07) is 6.43. The molecule has 0 saturated carbocycles. The van der Waals surface area contributed by atoms with Crippen LogP contribution in [0.1, 0.15) is 50.3 Å². The van der Waals surface area contributed by atoms with Gasteiger partial charge in [0.25, 0.3) is 0 Å². The van der Waals surface area contributed by atoms with E-state index in [1.165, 1.54) is 12.1 Å². The molecule has 3 rings (SSSR count). The average molecular weight is 533 g/mol. The number of carbonyl (C=O) groups is 1. The zero-order chi connectivity index (χ0) is 22.1. The number of aromatic nitrogens is 2. The fourth-order valence-corrected chi connectivity index (χ4v) is 4.63. The van der Waals surface area contributed by atoms with Crippen molar-refractivity contribution in [3.05, 3.63) is 45.0 Å². The van der Waals surface area contributed by atoms with E-state index in [0.29, 0.717) is 25.9 Å². The van der Waals surface area contributed by atoms with Gasteiger partial charge in [0.05, 0.1) is 11.7 Å². The molecule has 30 heavy (non-hydrogen) atoms. The molecule has 6 nitrogen and oxygen atoms in total. The van der Waals surface area contributed by atoms with Crippen molar-refractivity contribution in [3.8, 4) is 5.75 Å². The second-order valence-electron chi connectivity index (χ2n) is 8.24. The third kappa shape index (κ3) is 5.41. The number of carbonyl (C=O) groups excluding carboxylic acids is 1. The lowest BCUT2D eigenvalue weighted by atomic mass is 10.0. The van der Waals surface area contributed by atoms with E-state index in [-0.39, 0.29) is 17.9 Å². The van der Waals surface area contributed by atoms with Crippen LogP contribution >= 0.6 is 22.6 Å². The van der Waals surface area contributed by atoms with Gasteiger partial charge in [0.15, 0.2) is 0 Å². The van der Waals surface area contributed by atoms with Crippen molar-refractivity contribution >= 4 is 28.7 Å². The monoisotopic (exact) mass is 533 g/mol. The maximum atomic E-state index is 12.9. The number of benzene rings is 1. The Morgan fingerprint density at radius 1 is 1.27 bits per heavy atom. The lowest BCUT2D eigenvalue weighted by molar-refractivity contribution is -0.0498. The minimum atomic E-state index is -2.84. The number of fused-ring (bicyclic) bond motifs is 1. The molecule has 9 heteroatoms. The van der Waals surface area contributed by atoms with E-state index >= 15 is 0 Å². The predicted molar refractivity (Wildman–Crippen MR) is 117 cm³/mol. The normalized spacial score (nSPS) is 16.5. The van der Waals surface area contributed by atoms with Gasteiger partial charge in [-0.2, -0.15) is 8.78 Å². The third-order valence-electron chi connectivity index (χ3n) is 4.89. The van der Waals surface area contributed by atoms with Gasteiger partial charge in [0.1, 0.15) is 20.9 Å². The van der Waals surface area contributed by atoms with Gasteiger partial charge < -0.3 is 14.0 Å². The van der Waals surface area contributed by atoms with Crippen molar-refractivity contribution in [2.24, 2.45) is 0 Å². The summed E-state index contributed by atoms with van der Waals surface area (Å²) >= 11 is 2.21. The Morgan fingerprint density at radius 2 is 1.93 bits per heavy atom. The van der Waals surface area contributed by atoms with E-state index in [1.807, 2.05) is 27.7 Å². The number of ether oxygens (including phenoxy) is 2. The van der Waals surface area contributed by atoms with Crippen molar-refractivity contribution in [2.75, 3.05) is 6.54 Å². The molecule has 1 aromatic heterocycles. The molecule has 0 N–H and O–H groups in total. The molecule has 0 radical (unpaired) electrons. The Morgan fingerprint density at radius 3 is 2.53 bits per heavy atom. The highest BCUT2D eigenvalue weighted by Gasteiger charge is 2.36. The van der Waals surface area contributed by atoms with Crippen molar-refractivity contribution in [1.29, 1.82) is 0 Å². The van der Waals surface area contributed by atoms with Crippen LogP contribution in [0, 0.1) is 10.6 Å². The summed E-state index contributed by atoms with van der Waals surface area (Å²) in [4.78, 5) is 19.3. The topological polar surface area (TPSA) is 56.6 Å². The van der Waals surface area contributed by atoms with Crippen molar-refractivity contribution < 1.29 is 23.0 Å². The van der Waals surface area contributed by atoms with Crippen LogP contribution in [0.15, 0.2) is 24.3 Å². The molecule has 1 aliphatic rings. The van der Waals surface area contributed by atoms with E-state index in [2.05, 4.69) is 36.9 Å². The predicted octanol–water partition coefficient (Wildman–Crippen LogP) is 5.32. The summed E-state index contributed by atoms with van der Waals surface area (Å²) in [5, 5.41) is 0. The van der Waals surface area contributed by atoms with Crippen molar-refractivity contribution in [2.45, 2.75) is 65.3 Å². The maximum absolute atomic E-state index is 12.9. The molecule has 2 aromatic rings. The number of imidazole rings is 1. The molecule has 2 heterocycles. The molecular weight excluding hydrogens is 507 g/mol. The number of hydrogen-bond acceptors (Lipinski definition) is 4. The van der Waals surface area contributed by atoms with Gasteiger partial charge in [-0.15, -0.1) is 0 Å². The zero-order valence-electron chi connectivity index (χ0n) is 17.5. The first kappa shape index (κ1) is 22.8. The van der Waals surface area contributed by atoms with Gasteiger partial charge in [0, 0.05) is 13.1 Å². The summed E-state index contributed by atoms with van der Waals surface area (Å²) in [7, 11) is 0. The first-order valence-electron chi connectivity index (χ1n) is 9.81. The number of hydrogen-bond donors (Lipinski definition) is 0. The standard InChI is InChI=1S/C21H26F2IN3O3/c1-13-25-18(24)17-16(10-7-14-5-8-15(9-6-14)29-19(22)23)27(12-11-26(13)17)20(28)30-21(2,3)4/h5-6,8-9,16,19H,7,10-12H2,1-4H3. The van der Waals surface area contributed by atoms with Crippen LogP contribution in [0.3, 0.4) is 0 Å². The van der Waals surface area contributed by atoms with Gasteiger partial charge >= 0.3 is 12.7 Å². The molecule has 1 aromatic carbocycles. The summed E-state index contributed by atoms with van der Waals surface area (Å²) in [5.41, 5.74) is 1.41. The minimum Gasteiger partial charge on any atom is -0.444 e. The van der Waals surface area contributed by atoms with Gasteiger partial charge in [-0.3, -0.25) is 4.90 Å². The van der Waals surface area contributed by atoms with Crippen LogP contribution < -0.4 is 4.74 Å². The van der Waals surface area contributed by atoms with Gasteiger partial charge in [0.2, 0.25) is 0 Å². The average Bonchev–Trinajstić information content (AvgIpc) is 2.93. The lowest BCUT2D eigenvalue weighted by Crippen LogP contribution is -2.45. The summed E-state index contributed by atoms with van der Waals surface area (Å²) in [6.45, 7) is 5.90. The van der Waals surface area contributed by atoms with Crippen LogP contribution in [0.2, 0.25) is 0 Å². The van der Waals surface area contributed by atoms with Gasteiger partial charge in [-0.05, 0) is 80.8 Å². The second kappa shape index (κ2) is 9.07. The summed E-state index contributed by atoms with van der Waals surface area (Å²) < 4.78 is 37.8. The molecule has 0 fully saturated rings. The van der Waals surface area contributed by atoms with Crippen LogP contribution in [-0.2, 0) is 17.7 Å². The first-order valence-corrected chi connectivity index (χ1v) is 10.9. The Hall–Kier alpha value is -1.91. The fourth-order valence-electron chi connectivity index (χ4n) is 3.63. The Labute approximate surface area is 188 Å². The highest BCUT2D eigenvalue weighted by Crippen LogP contribution is 2.35. The molecule has 1 unspecified atom stereocenters. The van der Waals surface area contributed by atoms with Gasteiger partial charge in [-0.25, -0.2) is 9.78 Å². The molecule has 164 valence electrons. The summed E-state index contributed by atoms with van der Waals surface area (Å²) in [6.07, 6.45) is 0.989. The SMILES string of the molecule is Cc1nc(I)c2n1CCN(C(=O)OC(C)(C)C)C2CCc1ccc(OC(F)F)cc1. The smallest absolute Gasteiger partial charge is 0.410 e. The number of amides is 1. The van der Waals surface area contributed by atoms with E-state index in [4.69, 9.17) is 4.74 Å². The highest BCUT2D eigenvalue weighted by atomic mass is 127. The van der Waals surface area contributed by atoms with Gasteiger partial charge in [-0.1, -0.05) is 12.1 Å². The molecule has 1 atom stereocenters. The highest BCUT2D eigenvalue weighted by molar-refractivity contribution is 14.1. The van der Waals surface area contributed by atoms with Crippen LogP contribution in [-0.4, -0.2) is 39.3 Å². The third-order valence-corrected chi connectivity index (χ3v) is 5.69. The molecule has 0 saturated heterocycles. The number of halogens is 3. The molecule has 1 aliphatic heterocycles. The number of nitrogens with zero attached hydrogens (tertiary/aromatic N) is 3. The Balaban J connectivity index is 1.81. The van der Waals surface area contributed by atoms with Crippen LogP contribution in [0.4, 0.5) is 13.6 Å². The van der Waals surface area contributed by atoms with E-state index in [1.54, 1.807) is 17.0 Å². The number of alkyl halides is 2. The first-order chi connectivity index (χ1) is 14.0. The zero-order valence-corrected chi connectivity index (χ0v) is 19.7. The van der Waals surface area contributed by atoms with Crippen molar-refractivity contribution in [1.82, 2.24) is 14.5 Å². The van der Waals surface area contributed by atoms with Crippen LogP contribution in [0.25, 0.3) is 0 Å². The molecular formula is C21H26F2IN3O3. The number of aryl methyl sites for hydroxylation is 2. The largest absolute Gasteiger partial charge is 0.444 e. The van der Waals surface area contributed by atoms with Crippen LogP contribution in [0.5, 0.6) is 5.75 Å². The second-order valence-corrected chi connectivity index (χ2v) is 9.26. The minimum absolute atomic E-state index is 0.130. The van der Waals surface area contributed by atoms with E-state index in [0.717, 1.165) is 20.8 Å². The molecule has 1 amide bonds. The summed E-state index contributed by atoms with van der Waals surface area (Å²) in [5.74, 6) is 1.06. The van der Waals surface area contributed by atoms with E-state index in [9.17, 15) is 13.6 Å². The quantitative estimate of drug-likeness (QED) is 0.489.